The molecule has 0 aliphatic carbocycles. The van der Waals surface area contributed by atoms with E-state index in [0.717, 1.165) is 6.42 Å². The largest absolute Gasteiger partial charge is 0.358 e. The van der Waals surface area contributed by atoms with Crippen LogP contribution in [0.2, 0.25) is 0 Å². The van der Waals surface area contributed by atoms with Crippen LogP contribution >= 0.6 is 0 Å². The molecule has 0 saturated carbocycles. The van der Waals surface area contributed by atoms with Gasteiger partial charge in [-0.2, -0.15) is 24.3 Å². The van der Waals surface area contributed by atoms with Crippen LogP contribution in [0.1, 0.15) is 22.3 Å². The Labute approximate surface area is 215 Å². The van der Waals surface area contributed by atoms with Crippen LogP contribution in [-0.4, -0.2) is 0 Å². The van der Waals surface area contributed by atoms with Crippen molar-refractivity contribution in [3.8, 4) is 0 Å². The summed E-state index contributed by atoms with van der Waals surface area (Å²) in [5, 5.41) is 2.77. The van der Waals surface area contributed by atoms with E-state index in [1.807, 2.05) is 30.3 Å². The molecule has 0 aliphatic heterocycles. The van der Waals surface area contributed by atoms with Gasteiger partial charge in [0, 0.05) is 25.8 Å². The molecule has 0 unspecified atom stereocenters. The summed E-state index contributed by atoms with van der Waals surface area (Å²) in [6.45, 7) is 4.37. The minimum Gasteiger partial charge on any atom is -0.358 e. The third-order valence-electron chi connectivity index (χ3n) is 4.27. The smallest absolute Gasteiger partial charge is 0 e. The van der Waals surface area contributed by atoms with Crippen molar-refractivity contribution in [1.82, 2.24) is 0 Å². The Balaban J connectivity index is -0.000000108. The Kier molecular flexibility index (Phi) is 30.0. The molecule has 0 amide bonds. The Hall–Kier alpha value is -1.73. The van der Waals surface area contributed by atoms with Gasteiger partial charge in [-0.15, -0.1) is 34.5 Å². The Morgan fingerprint density at radius 3 is 1.68 bits per heavy atom. The average molecular weight is 582 g/mol. The van der Waals surface area contributed by atoms with Crippen LogP contribution in [0.4, 0.5) is 0 Å². The molecule has 0 aromatic heterocycles. The Morgan fingerprint density at radius 2 is 1.19 bits per heavy atom. The van der Waals surface area contributed by atoms with Crippen molar-refractivity contribution in [2.24, 2.45) is 0 Å². The summed E-state index contributed by atoms with van der Waals surface area (Å²) >= 11 is 0. The van der Waals surface area contributed by atoms with Crippen LogP contribution < -0.4 is 0 Å². The predicted octanol–water partition coefficient (Wildman–Crippen LogP) is 9.32. The van der Waals surface area contributed by atoms with Crippen molar-refractivity contribution in [3.05, 3.63) is 159 Å². The fourth-order valence-corrected chi connectivity index (χ4v) is 2.83. The minimum atomic E-state index is 0. The SMILES string of the molecule is Cc1cc2cc[c-](Cc3ccccc3)c2cc1C.[CH3-].[CH3-].[CH3-].[CH3-].[CH3-].[CH3-].[CH3-].[Hf].c1cc[cH-]c1. The molecule has 4 rings (SSSR count). The van der Waals surface area contributed by atoms with E-state index in [2.05, 4.69) is 68.4 Å². The van der Waals surface area contributed by atoms with Crippen molar-refractivity contribution in [1.29, 1.82) is 0 Å². The molecule has 0 aliphatic rings. The van der Waals surface area contributed by atoms with Crippen molar-refractivity contribution in [2.75, 3.05) is 0 Å². The van der Waals surface area contributed by atoms with Crippen LogP contribution in [0, 0.1) is 65.8 Å². The van der Waals surface area contributed by atoms with E-state index in [4.69, 9.17) is 0 Å². The fraction of sp³-hybridized carbons (Fsp3) is 0.100. The third-order valence-corrected chi connectivity index (χ3v) is 4.27. The minimum absolute atomic E-state index is 0. The molecule has 0 saturated heterocycles. The summed E-state index contributed by atoms with van der Waals surface area (Å²) in [5.41, 5.74) is 5.56. The molecule has 0 N–H and O–H groups in total. The zero-order chi connectivity index (χ0) is 16.1. The normalized spacial score (nSPS) is 7.68. The number of hydrogen-bond donors (Lipinski definition) is 0. The number of hydrogen-bond acceptors (Lipinski definition) is 0. The second-order valence-corrected chi connectivity index (χ2v) is 6.01. The quantitative estimate of drug-likeness (QED) is 0.163. The van der Waals surface area contributed by atoms with Crippen LogP contribution in [0.15, 0.2) is 84.9 Å². The van der Waals surface area contributed by atoms with Crippen LogP contribution in [-0.2, 0) is 32.3 Å². The van der Waals surface area contributed by atoms with E-state index in [-0.39, 0.29) is 77.8 Å². The molecule has 4 aromatic carbocycles. The molecule has 176 valence electrons. The van der Waals surface area contributed by atoms with Gasteiger partial charge in [0.05, 0.1) is 0 Å². The van der Waals surface area contributed by atoms with Crippen molar-refractivity contribution in [2.45, 2.75) is 20.3 Å². The zero-order valence-corrected chi connectivity index (χ0v) is 24.9. The van der Waals surface area contributed by atoms with E-state index in [0.29, 0.717) is 0 Å². The maximum atomic E-state index is 2.32. The van der Waals surface area contributed by atoms with Gasteiger partial charge in [0.15, 0.2) is 0 Å². The first kappa shape index (κ1) is 43.2. The monoisotopic (exact) mass is 583 g/mol. The molecular weight excluding hydrogens is 539 g/mol. The topological polar surface area (TPSA) is 0 Å². The summed E-state index contributed by atoms with van der Waals surface area (Å²) in [6, 6.07) is 29.8. The van der Waals surface area contributed by atoms with E-state index < -0.39 is 0 Å². The Bertz CT molecular complexity index is 835. The molecule has 0 bridgehead atoms. The van der Waals surface area contributed by atoms with Gasteiger partial charge < -0.3 is 52.0 Å². The third kappa shape index (κ3) is 12.0. The first-order valence-electron chi connectivity index (χ1n) is 8.10. The van der Waals surface area contributed by atoms with E-state index in [9.17, 15) is 0 Å². The Morgan fingerprint density at radius 1 is 0.677 bits per heavy atom. The first-order valence-corrected chi connectivity index (χ1v) is 8.10. The molecule has 0 fully saturated rings. The molecule has 0 nitrogen and oxygen atoms in total. The van der Waals surface area contributed by atoms with Gasteiger partial charge in [0.25, 0.3) is 0 Å². The van der Waals surface area contributed by atoms with Crippen LogP contribution in [0.3, 0.4) is 0 Å². The van der Waals surface area contributed by atoms with Crippen molar-refractivity contribution >= 4 is 10.8 Å². The van der Waals surface area contributed by atoms with Gasteiger partial charge in [-0.05, 0) is 20.3 Å². The van der Waals surface area contributed by atoms with E-state index >= 15 is 0 Å². The molecular formula is C30H43Hf-9. The summed E-state index contributed by atoms with van der Waals surface area (Å²) in [7, 11) is 0. The molecule has 4 aromatic rings. The van der Waals surface area contributed by atoms with Crippen molar-refractivity contribution in [3.63, 3.8) is 0 Å². The summed E-state index contributed by atoms with van der Waals surface area (Å²) in [4.78, 5) is 0. The van der Waals surface area contributed by atoms with Crippen molar-refractivity contribution < 1.29 is 25.8 Å². The number of aryl methyl sites for hydroxylation is 2. The number of fused-ring (bicyclic) bond motifs is 1. The van der Waals surface area contributed by atoms with E-state index in [1.165, 1.54) is 33.0 Å². The van der Waals surface area contributed by atoms with Gasteiger partial charge in [0.1, 0.15) is 0 Å². The molecule has 0 radical (unpaired) electrons. The standard InChI is InChI=1S/C18H17.C5H5.7CH3.Hf/c1-13-10-16-8-9-17(18(16)11-14(13)2)12-15-6-4-3-5-7-15;1-2-4-5-3-1;;;;;;;;/h3-11H,12H2,1-2H3;1-5H;7*1H3;/q9*-1;. The molecule has 31 heavy (non-hydrogen) atoms. The summed E-state index contributed by atoms with van der Waals surface area (Å²) < 4.78 is 0. The van der Waals surface area contributed by atoms with Crippen LogP contribution in [0.5, 0.6) is 0 Å². The summed E-state index contributed by atoms with van der Waals surface area (Å²) in [5.74, 6) is 0. The van der Waals surface area contributed by atoms with Gasteiger partial charge in [-0.25, -0.2) is 12.1 Å². The first-order chi connectivity index (χ1) is 11.2. The van der Waals surface area contributed by atoms with Crippen LogP contribution in [0.25, 0.3) is 10.8 Å². The van der Waals surface area contributed by atoms with Gasteiger partial charge in [-0.3, -0.25) is 0 Å². The van der Waals surface area contributed by atoms with Gasteiger partial charge in [0.2, 0.25) is 0 Å². The number of rotatable bonds is 2. The zero-order valence-electron chi connectivity index (χ0n) is 21.3. The molecule has 0 atom stereocenters. The second-order valence-electron chi connectivity index (χ2n) is 6.01. The van der Waals surface area contributed by atoms with Gasteiger partial charge >= 0.3 is 0 Å². The maximum absolute atomic E-state index is 2.32. The fourth-order valence-electron chi connectivity index (χ4n) is 2.83. The molecule has 0 spiro atoms. The maximum Gasteiger partial charge on any atom is 0 e. The molecule has 1 heteroatoms. The predicted molar refractivity (Wildman–Crippen MR) is 145 cm³/mol. The molecule has 0 heterocycles. The second kappa shape index (κ2) is 21.5. The average Bonchev–Trinajstić information content (AvgIpc) is 3.24. The van der Waals surface area contributed by atoms with Gasteiger partial charge in [-0.1, -0.05) is 47.0 Å². The van der Waals surface area contributed by atoms with E-state index in [1.54, 1.807) is 0 Å². The summed E-state index contributed by atoms with van der Waals surface area (Å²) in [6.07, 6.45) is 1.02. The number of benzene rings is 2.